The Morgan fingerprint density at radius 1 is 1.54 bits per heavy atom. The van der Waals surface area contributed by atoms with Gasteiger partial charge in [0.05, 0.1) is 6.54 Å². The zero-order valence-electron chi connectivity index (χ0n) is 8.46. The number of nitrogens with one attached hydrogen (secondary N) is 1. The van der Waals surface area contributed by atoms with Gasteiger partial charge in [0.1, 0.15) is 5.60 Å². The van der Waals surface area contributed by atoms with E-state index >= 15 is 0 Å². The molecule has 0 bridgehead atoms. The van der Waals surface area contributed by atoms with E-state index < -0.39 is 5.60 Å². The van der Waals surface area contributed by atoms with E-state index in [2.05, 4.69) is 5.32 Å². The minimum absolute atomic E-state index is 0.256. The zero-order valence-corrected chi connectivity index (χ0v) is 8.46. The smallest absolute Gasteiger partial charge is 0.410 e. The first-order valence-corrected chi connectivity index (χ1v) is 4.53. The lowest BCUT2D eigenvalue weighted by atomic mass is 10.2. The summed E-state index contributed by atoms with van der Waals surface area (Å²) in [6.07, 6.45) is -0.256. The van der Waals surface area contributed by atoms with E-state index in [4.69, 9.17) is 4.74 Å². The molecule has 0 saturated carbocycles. The lowest BCUT2D eigenvalue weighted by Crippen LogP contribution is -2.45. The van der Waals surface area contributed by atoms with Crippen LogP contribution in [0.2, 0.25) is 0 Å². The molecule has 0 unspecified atom stereocenters. The van der Waals surface area contributed by atoms with Crippen LogP contribution in [0.5, 0.6) is 0 Å². The third kappa shape index (κ3) is 3.63. The number of hydrogen-bond acceptors (Lipinski definition) is 3. The third-order valence-electron chi connectivity index (χ3n) is 1.61. The fraction of sp³-hybridized carbons (Fsp3) is 0.778. The van der Waals surface area contributed by atoms with Crippen molar-refractivity contribution < 1.29 is 9.53 Å². The Balaban J connectivity index is 2.38. The fourth-order valence-electron chi connectivity index (χ4n) is 1.05. The number of nitrogens with zero attached hydrogens (tertiary/aromatic N) is 1. The molecular formula is C9H17N2O2. The minimum Gasteiger partial charge on any atom is -0.444 e. The van der Waals surface area contributed by atoms with Crippen molar-refractivity contribution in [3.63, 3.8) is 0 Å². The molecule has 1 aliphatic heterocycles. The Labute approximate surface area is 79.2 Å². The summed E-state index contributed by atoms with van der Waals surface area (Å²) >= 11 is 0. The molecule has 1 heterocycles. The summed E-state index contributed by atoms with van der Waals surface area (Å²) in [6.45, 7) is 9.68. The molecule has 1 saturated heterocycles. The molecule has 75 valence electrons. The van der Waals surface area contributed by atoms with Crippen LogP contribution in [0.3, 0.4) is 0 Å². The van der Waals surface area contributed by atoms with Crippen LogP contribution in [0, 0.1) is 6.54 Å². The monoisotopic (exact) mass is 185 g/mol. The van der Waals surface area contributed by atoms with Crippen molar-refractivity contribution in [1.82, 2.24) is 10.2 Å². The molecule has 1 aliphatic rings. The molecule has 1 N–H and O–H groups in total. The highest BCUT2D eigenvalue weighted by molar-refractivity contribution is 5.69. The van der Waals surface area contributed by atoms with Gasteiger partial charge in [0, 0.05) is 19.6 Å². The van der Waals surface area contributed by atoms with Crippen molar-refractivity contribution in [3.8, 4) is 0 Å². The molecule has 0 aromatic carbocycles. The number of rotatable bonds is 0. The average molecular weight is 185 g/mol. The van der Waals surface area contributed by atoms with Gasteiger partial charge in [-0.3, -0.25) is 0 Å². The summed E-state index contributed by atoms with van der Waals surface area (Å²) in [6, 6.07) is 0. The molecule has 0 aromatic heterocycles. The van der Waals surface area contributed by atoms with E-state index in [1.165, 1.54) is 0 Å². The van der Waals surface area contributed by atoms with Crippen LogP contribution in [0.15, 0.2) is 0 Å². The molecule has 1 fully saturated rings. The molecule has 4 nitrogen and oxygen atoms in total. The van der Waals surface area contributed by atoms with Gasteiger partial charge < -0.3 is 15.0 Å². The van der Waals surface area contributed by atoms with Crippen LogP contribution in [0.25, 0.3) is 0 Å². The predicted molar refractivity (Wildman–Crippen MR) is 50.1 cm³/mol. The molecule has 1 amide bonds. The quantitative estimate of drug-likeness (QED) is 0.612. The fourth-order valence-corrected chi connectivity index (χ4v) is 1.05. The number of piperazine rings is 1. The van der Waals surface area contributed by atoms with Crippen LogP contribution >= 0.6 is 0 Å². The number of hydrogen-bond donors (Lipinski definition) is 1. The highest BCUT2D eigenvalue weighted by atomic mass is 16.6. The molecule has 0 aliphatic carbocycles. The van der Waals surface area contributed by atoms with Crippen molar-refractivity contribution in [2.24, 2.45) is 0 Å². The van der Waals surface area contributed by atoms with Gasteiger partial charge in [-0.15, -0.1) is 0 Å². The van der Waals surface area contributed by atoms with Crippen LogP contribution in [-0.4, -0.2) is 36.2 Å². The van der Waals surface area contributed by atoms with Crippen molar-refractivity contribution in [1.29, 1.82) is 0 Å². The Bertz CT molecular complexity index is 181. The number of carbonyl (C=O) groups is 1. The predicted octanol–water partition coefficient (Wildman–Crippen LogP) is 0.988. The molecule has 4 heteroatoms. The SMILES string of the molecule is CC(C)(C)OC(=O)N1[CH]CNCC1. The summed E-state index contributed by atoms with van der Waals surface area (Å²) in [5.74, 6) is 0. The maximum Gasteiger partial charge on any atom is 0.410 e. The van der Waals surface area contributed by atoms with Crippen molar-refractivity contribution in [3.05, 3.63) is 6.54 Å². The second kappa shape index (κ2) is 3.96. The standard InChI is InChI=1S/C9H17N2O2/c1-9(2,3)13-8(12)11-6-4-10-5-7-11/h6,10H,4-5,7H2,1-3H3. The van der Waals surface area contributed by atoms with Crippen LogP contribution < -0.4 is 5.32 Å². The molecule has 0 atom stereocenters. The number of carbonyl (C=O) groups excluding carboxylic acids is 1. The summed E-state index contributed by atoms with van der Waals surface area (Å²) < 4.78 is 5.21. The maximum absolute atomic E-state index is 11.5. The maximum atomic E-state index is 11.5. The van der Waals surface area contributed by atoms with E-state index in [0.717, 1.165) is 13.1 Å². The molecule has 1 radical (unpaired) electrons. The Kier molecular flexibility index (Phi) is 3.14. The Morgan fingerprint density at radius 3 is 2.69 bits per heavy atom. The van der Waals surface area contributed by atoms with Crippen LogP contribution in [0.4, 0.5) is 4.79 Å². The van der Waals surface area contributed by atoms with Gasteiger partial charge in [0.15, 0.2) is 0 Å². The normalized spacial score (nSPS) is 18.5. The third-order valence-corrected chi connectivity index (χ3v) is 1.61. The second-order valence-electron chi connectivity index (χ2n) is 4.06. The van der Waals surface area contributed by atoms with Crippen molar-refractivity contribution in [2.45, 2.75) is 26.4 Å². The van der Waals surface area contributed by atoms with Gasteiger partial charge in [-0.2, -0.15) is 0 Å². The molecule has 0 spiro atoms. The van der Waals surface area contributed by atoms with Crippen LogP contribution in [0.1, 0.15) is 20.8 Å². The summed E-state index contributed by atoms with van der Waals surface area (Å²) in [7, 11) is 0. The van der Waals surface area contributed by atoms with Gasteiger partial charge in [0.2, 0.25) is 0 Å². The lowest BCUT2D eigenvalue weighted by Gasteiger charge is -2.29. The topological polar surface area (TPSA) is 41.6 Å². The molecular weight excluding hydrogens is 168 g/mol. The lowest BCUT2D eigenvalue weighted by molar-refractivity contribution is 0.0285. The average Bonchev–Trinajstić information content (AvgIpc) is 2.03. The Morgan fingerprint density at radius 2 is 2.23 bits per heavy atom. The van der Waals surface area contributed by atoms with Crippen molar-refractivity contribution >= 4 is 6.09 Å². The van der Waals surface area contributed by atoms with Crippen molar-refractivity contribution in [2.75, 3.05) is 19.6 Å². The van der Waals surface area contributed by atoms with E-state index in [-0.39, 0.29) is 6.09 Å². The van der Waals surface area contributed by atoms with Gasteiger partial charge in [-0.25, -0.2) is 4.79 Å². The van der Waals surface area contributed by atoms with E-state index in [0.29, 0.717) is 6.54 Å². The molecule has 1 rings (SSSR count). The van der Waals surface area contributed by atoms with Gasteiger partial charge in [-0.1, -0.05) is 0 Å². The highest BCUT2D eigenvalue weighted by Crippen LogP contribution is 2.11. The largest absolute Gasteiger partial charge is 0.444 e. The molecule has 0 aromatic rings. The summed E-state index contributed by atoms with van der Waals surface area (Å²) in [5.41, 5.74) is -0.407. The Hall–Kier alpha value is -0.770. The second-order valence-corrected chi connectivity index (χ2v) is 4.06. The zero-order chi connectivity index (χ0) is 9.90. The van der Waals surface area contributed by atoms with Crippen LogP contribution in [-0.2, 0) is 4.74 Å². The van der Waals surface area contributed by atoms with Gasteiger partial charge in [-0.05, 0) is 20.8 Å². The summed E-state index contributed by atoms with van der Waals surface area (Å²) in [4.78, 5) is 13.1. The summed E-state index contributed by atoms with van der Waals surface area (Å²) in [5, 5.41) is 3.13. The first-order valence-electron chi connectivity index (χ1n) is 4.53. The van der Waals surface area contributed by atoms with E-state index in [1.54, 1.807) is 4.90 Å². The van der Waals surface area contributed by atoms with Gasteiger partial charge >= 0.3 is 6.09 Å². The molecule has 13 heavy (non-hydrogen) atoms. The van der Waals surface area contributed by atoms with E-state index in [9.17, 15) is 4.79 Å². The first kappa shape index (κ1) is 10.3. The van der Waals surface area contributed by atoms with E-state index in [1.807, 2.05) is 27.3 Å². The number of ether oxygens (including phenoxy) is 1. The first-order chi connectivity index (χ1) is 5.99. The minimum atomic E-state index is -0.407. The highest BCUT2D eigenvalue weighted by Gasteiger charge is 2.23. The number of amides is 1. The van der Waals surface area contributed by atoms with Gasteiger partial charge in [0.25, 0.3) is 0 Å².